The third-order valence-electron chi connectivity index (χ3n) is 6.48. The Morgan fingerprint density at radius 1 is 0.642 bits per heavy atom. The molecule has 0 spiro atoms. The number of fused-ring (bicyclic) bond motifs is 2. The molecule has 0 radical (unpaired) electrons. The highest BCUT2D eigenvalue weighted by molar-refractivity contribution is 8.25. The molecule has 0 amide bonds. The highest BCUT2D eigenvalue weighted by atomic mass is 32.2. The van der Waals surface area contributed by atoms with E-state index in [0.29, 0.717) is 30.7 Å². The Morgan fingerprint density at radius 2 is 1.04 bits per heavy atom. The molecular weight excluding hydrogens is 769 g/mol. The highest BCUT2D eigenvalue weighted by Gasteiger charge is 2.35. The van der Waals surface area contributed by atoms with Gasteiger partial charge in [-0.3, -0.25) is 9.59 Å². The van der Waals surface area contributed by atoms with Crippen LogP contribution in [0.15, 0.2) is 88.8 Å². The maximum atomic E-state index is 13.0. The van der Waals surface area contributed by atoms with Crippen LogP contribution < -0.4 is 9.47 Å². The number of hydrogen-bond acceptors (Lipinski definition) is 18. The lowest BCUT2D eigenvalue weighted by Crippen LogP contribution is -2.14. The summed E-state index contributed by atoms with van der Waals surface area (Å²) in [6.07, 6.45) is 1.97. The molecule has 0 saturated carbocycles. The third-order valence-corrected chi connectivity index (χ3v) is 11.8. The fraction of sp³-hybridized carbons (Fsp3) is 0.200. The van der Waals surface area contributed by atoms with Crippen LogP contribution in [0.5, 0.6) is 11.5 Å². The van der Waals surface area contributed by atoms with Gasteiger partial charge < -0.3 is 28.4 Å². The number of hydrogen-bond donors (Lipinski definition) is 0. The Hall–Kier alpha value is -5.40. The standard InChI is InChI=1S/C35H26N2O12S4/c1-5-25(39)44-12-14-46-32(42)21(16-36)34-50-28-19(8-10-23(30(28)52-34)48-18(4)38)20-9-11-24(49-27(41)7-3)31-29(20)51-35(53-31)22(17-37)33(43)47-15-13-45-26(40)6-2/h5-6,8-11H,1-2,7,12-15H2,3-4H3/b34-21+,35-22+. The fourth-order valence-corrected chi connectivity index (χ4v) is 9.49. The molecule has 0 saturated heterocycles. The van der Waals surface area contributed by atoms with E-state index in [1.807, 2.05) is 12.1 Å². The molecule has 0 aliphatic carbocycles. The van der Waals surface area contributed by atoms with E-state index in [2.05, 4.69) is 13.2 Å². The van der Waals surface area contributed by atoms with E-state index in [1.165, 1.54) is 6.92 Å². The zero-order valence-electron chi connectivity index (χ0n) is 27.8. The Kier molecular flexibility index (Phi) is 14.4. The predicted octanol–water partition coefficient (Wildman–Crippen LogP) is 6.01. The van der Waals surface area contributed by atoms with E-state index in [9.17, 15) is 39.3 Å². The summed E-state index contributed by atoms with van der Waals surface area (Å²) in [5, 5.41) is 19.9. The molecule has 0 bridgehead atoms. The lowest BCUT2D eigenvalue weighted by atomic mass is 10.0. The molecule has 0 unspecified atom stereocenters. The van der Waals surface area contributed by atoms with Crippen molar-refractivity contribution in [1.82, 2.24) is 0 Å². The zero-order chi connectivity index (χ0) is 38.7. The van der Waals surface area contributed by atoms with Gasteiger partial charge in [-0.25, -0.2) is 19.2 Å². The second-order valence-corrected chi connectivity index (χ2v) is 14.5. The molecule has 18 heteroatoms. The fourth-order valence-electron chi connectivity index (χ4n) is 4.20. The van der Waals surface area contributed by atoms with Crippen molar-refractivity contribution >= 4 is 82.9 Å². The monoisotopic (exact) mass is 794 g/mol. The Morgan fingerprint density at radius 3 is 1.42 bits per heavy atom. The molecule has 0 aromatic heterocycles. The van der Waals surface area contributed by atoms with Crippen LogP contribution in [0.4, 0.5) is 0 Å². The first-order valence-corrected chi connectivity index (χ1v) is 18.4. The van der Waals surface area contributed by atoms with Crippen LogP contribution in [0, 0.1) is 22.7 Å². The van der Waals surface area contributed by atoms with E-state index in [0.717, 1.165) is 59.2 Å². The van der Waals surface area contributed by atoms with E-state index in [4.69, 9.17) is 28.4 Å². The second-order valence-electron chi connectivity index (χ2n) is 9.93. The SMILES string of the molecule is C=CC(=O)OCCOC(=O)/C(C#N)=C1/Sc2c(OC(C)=O)ccc(-c3ccc(OC(=O)CC)c4c3S/C(=C(/C#N)C(=O)OCCOC(=O)C=C)S4)c2S1. The van der Waals surface area contributed by atoms with Crippen LogP contribution in [0.1, 0.15) is 20.3 Å². The number of carbonyl (C=O) groups excluding carboxylic acids is 6. The van der Waals surface area contributed by atoms with Gasteiger partial charge in [0.15, 0.2) is 11.1 Å². The van der Waals surface area contributed by atoms with Gasteiger partial charge in [0.1, 0.15) is 50.1 Å². The first kappa shape index (κ1) is 40.4. The van der Waals surface area contributed by atoms with Crippen LogP contribution in [0.25, 0.3) is 11.1 Å². The summed E-state index contributed by atoms with van der Waals surface area (Å²) in [6, 6.07) is 10.2. The second kappa shape index (κ2) is 18.9. The molecular formula is C35H26N2O12S4. The van der Waals surface area contributed by atoms with Crippen molar-refractivity contribution in [1.29, 1.82) is 10.5 Å². The first-order chi connectivity index (χ1) is 25.4. The maximum Gasteiger partial charge on any atom is 0.350 e. The highest BCUT2D eigenvalue weighted by Crippen LogP contribution is 2.63. The molecule has 0 atom stereocenters. The smallest absolute Gasteiger partial charge is 0.350 e. The Bertz CT molecular complexity index is 2080. The maximum absolute atomic E-state index is 13.0. The molecule has 53 heavy (non-hydrogen) atoms. The summed E-state index contributed by atoms with van der Waals surface area (Å²) >= 11 is 4.13. The average Bonchev–Trinajstić information content (AvgIpc) is 3.79. The summed E-state index contributed by atoms with van der Waals surface area (Å²) in [6.45, 7) is 8.24. The summed E-state index contributed by atoms with van der Waals surface area (Å²) < 4.78 is 31.4. The van der Waals surface area contributed by atoms with E-state index in [-0.39, 0.29) is 64.0 Å². The third kappa shape index (κ3) is 9.93. The normalized spacial score (nSPS) is 14.2. The number of nitriles is 2. The number of esters is 6. The van der Waals surface area contributed by atoms with Gasteiger partial charge in [-0.15, -0.1) is 0 Å². The van der Waals surface area contributed by atoms with Crippen molar-refractivity contribution in [2.24, 2.45) is 0 Å². The van der Waals surface area contributed by atoms with Crippen LogP contribution in [-0.2, 0) is 47.7 Å². The molecule has 2 heterocycles. The van der Waals surface area contributed by atoms with Crippen LogP contribution >= 0.6 is 47.0 Å². The molecule has 0 fully saturated rings. The van der Waals surface area contributed by atoms with Crippen LogP contribution in [0.2, 0.25) is 0 Å². The van der Waals surface area contributed by atoms with Gasteiger partial charge in [0.2, 0.25) is 0 Å². The number of carbonyl (C=O) groups is 6. The minimum Gasteiger partial charge on any atom is -0.459 e. The Labute approximate surface area is 319 Å². The Balaban J connectivity index is 1.76. The van der Waals surface area contributed by atoms with Crippen molar-refractivity contribution in [2.45, 2.75) is 39.9 Å². The van der Waals surface area contributed by atoms with Crippen molar-refractivity contribution < 1.29 is 57.2 Å². The molecule has 0 N–H and O–H groups in total. The summed E-state index contributed by atoms with van der Waals surface area (Å²) in [7, 11) is 0. The van der Waals surface area contributed by atoms with Crippen molar-refractivity contribution in [3.63, 3.8) is 0 Å². The van der Waals surface area contributed by atoms with E-state index in [1.54, 1.807) is 31.2 Å². The van der Waals surface area contributed by atoms with Gasteiger partial charge in [-0.05, 0) is 35.4 Å². The quantitative estimate of drug-likeness (QED) is 0.0536. The predicted molar refractivity (Wildman–Crippen MR) is 192 cm³/mol. The number of thioether (sulfide) groups is 4. The molecule has 14 nitrogen and oxygen atoms in total. The topological polar surface area (TPSA) is 205 Å². The summed E-state index contributed by atoms with van der Waals surface area (Å²) in [5.74, 6) is -4.17. The average molecular weight is 795 g/mol. The number of benzene rings is 2. The molecule has 2 aromatic rings. The van der Waals surface area contributed by atoms with Crippen molar-refractivity contribution in [3.05, 3.63) is 69.2 Å². The molecule has 2 aliphatic rings. The van der Waals surface area contributed by atoms with Crippen molar-refractivity contribution in [2.75, 3.05) is 26.4 Å². The first-order valence-electron chi connectivity index (χ1n) is 15.1. The lowest BCUT2D eigenvalue weighted by molar-refractivity contribution is -0.146. The van der Waals surface area contributed by atoms with Crippen LogP contribution in [-0.4, -0.2) is 62.2 Å². The van der Waals surface area contributed by atoms with Gasteiger partial charge in [-0.1, -0.05) is 67.1 Å². The zero-order valence-corrected chi connectivity index (χ0v) is 31.1. The summed E-state index contributed by atoms with van der Waals surface area (Å²) in [4.78, 5) is 74.7. The van der Waals surface area contributed by atoms with E-state index >= 15 is 0 Å². The molecule has 4 rings (SSSR count). The van der Waals surface area contributed by atoms with Gasteiger partial charge in [0, 0.05) is 35.3 Å². The van der Waals surface area contributed by atoms with Crippen LogP contribution in [0.3, 0.4) is 0 Å². The van der Waals surface area contributed by atoms with Gasteiger partial charge >= 0.3 is 35.8 Å². The molecule has 2 aliphatic heterocycles. The molecule has 2 aromatic carbocycles. The number of ether oxygens (including phenoxy) is 6. The van der Waals surface area contributed by atoms with Gasteiger partial charge in [0.05, 0.1) is 18.3 Å². The minimum atomic E-state index is -0.972. The van der Waals surface area contributed by atoms with Crippen molar-refractivity contribution in [3.8, 4) is 34.8 Å². The van der Waals surface area contributed by atoms with Gasteiger partial charge in [-0.2, -0.15) is 10.5 Å². The molecule has 272 valence electrons. The lowest BCUT2D eigenvalue weighted by Gasteiger charge is -2.15. The van der Waals surface area contributed by atoms with Gasteiger partial charge in [0.25, 0.3) is 0 Å². The minimum absolute atomic E-state index is 0.0704. The summed E-state index contributed by atoms with van der Waals surface area (Å²) in [5.41, 5.74) is 0.418. The number of rotatable bonds is 14. The number of nitrogens with zero attached hydrogens (tertiary/aromatic N) is 2. The largest absolute Gasteiger partial charge is 0.459 e. The van der Waals surface area contributed by atoms with E-state index < -0.39 is 35.8 Å².